The van der Waals surface area contributed by atoms with Crippen molar-refractivity contribution in [2.75, 3.05) is 50.1 Å². The molecule has 0 radical (unpaired) electrons. The lowest BCUT2D eigenvalue weighted by Gasteiger charge is -2.35. The third kappa shape index (κ3) is 4.59. The van der Waals surface area contributed by atoms with Gasteiger partial charge in [0.1, 0.15) is 5.82 Å². The SMILES string of the molecule is CN(C)c1ccnc(N2CCC(CC(=O)N3CCC(F)(F)CC3)CC2)n1. The van der Waals surface area contributed by atoms with Crippen LogP contribution in [0.3, 0.4) is 0 Å². The van der Waals surface area contributed by atoms with E-state index in [4.69, 9.17) is 0 Å². The normalized spacial score (nSPS) is 20.9. The Kier molecular flexibility index (Phi) is 5.58. The summed E-state index contributed by atoms with van der Waals surface area (Å²) in [6.45, 7) is 1.98. The zero-order valence-corrected chi connectivity index (χ0v) is 15.5. The van der Waals surface area contributed by atoms with Crippen molar-refractivity contribution in [2.24, 2.45) is 5.92 Å². The van der Waals surface area contributed by atoms with Crippen LogP contribution in [0, 0.1) is 5.92 Å². The van der Waals surface area contributed by atoms with Gasteiger partial charge < -0.3 is 14.7 Å². The van der Waals surface area contributed by atoms with Crippen molar-refractivity contribution in [2.45, 2.75) is 38.0 Å². The summed E-state index contributed by atoms with van der Waals surface area (Å²) in [6.07, 6.45) is 3.58. The summed E-state index contributed by atoms with van der Waals surface area (Å²) >= 11 is 0. The van der Waals surface area contributed by atoms with Gasteiger partial charge in [-0.25, -0.2) is 13.8 Å². The molecule has 0 spiro atoms. The van der Waals surface area contributed by atoms with E-state index < -0.39 is 5.92 Å². The molecule has 144 valence electrons. The minimum Gasteiger partial charge on any atom is -0.363 e. The Bertz CT molecular complexity index is 622. The summed E-state index contributed by atoms with van der Waals surface area (Å²) in [5.74, 6) is -0.695. The maximum absolute atomic E-state index is 13.2. The topological polar surface area (TPSA) is 52.6 Å². The van der Waals surface area contributed by atoms with E-state index in [2.05, 4.69) is 14.9 Å². The van der Waals surface area contributed by atoms with Gasteiger partial charge in [0.2, 0.25) is 11.9 Å². The molecule has 2 aliphatic rings. The predicted molar refractivity (Wildman–Crippen MR) is 96.7 cm³/mol. The van der Waals surface area contributed by atoms with Crippen LogP contribution >= 0.6 is 0 Å². The van der Waals surface area contributed by atoms with Crippen molar-refractivity contribution in [3.8, 4) is 0 Å². The highest BCUT2D eigenvalue weighted by Gasteiger charge is 2.36. The van der Waals surface area contributed by atoms with E-state index in [9.17, 15) is 13.6 Å². The van der Waals surface area contributed by atoms with Crippen LogP contribution in [0.1, 0.15) is 32.1 Å². The molecule has 0 atom stereocenters. The lowest BCUT2D eigenvalue weighted by Crippen LogP contribution is -2.44. The van der Waals surface area contributed by atoms with Gasteiger partial charge in [-0.15, -0.1) is 0 Å². The monoisotopic (exact) mass is 367 g/mol. The fourth-order valence-electron chi connectivity index (χ4n) is 3.54. The molecule has 3 heterocycles. The van der Waals surface area contributed by atoms with Gasteiger partial charge in [-0.2, -0.15) is 4.98 Å². The summed E-state index contributed by atoms with van der Waals surface area (Å²) in [7, 11) is 3.89. The first-order valence-corrected chi connectivity index (χ1v) is 9.25. The second kappa shape index (κ2) is 7.72. The molecule has 26 heavy (non-hydrogen) atoms. The largest absolute Gasteiger partial charge is 0.363 e. The molecule has 8 heteroatoms. The predicted octanol–water partition coefficient (Wildman–Crippen LogP) is 2.41. The number of likely N-dealkylation sites (tertiary alicyclic amines) is 1. The average molecular weight is 367 g/mol. The van der Waals surface area contributed by atoms with Gasteiger partial charge in [-0.05, 0) is 24.8 Å². The van der Waals surface area contributed by atoms with Gasteiger partial charge in [-0.1, -0.05) is 0 Å². The van der Waals surface area contributed by atoms with Gasteiger partial charge in [-0.3, -0.25) is 4.79 Å². The van der Waals surface area contributed by atoms with Crippen molar-refractivity contribution < 1.29 is 13.6 Å². The second-order valence-corrected chi connectivity index (χ2v) is 7.48. The minimum absolute atomic E-state index is 0.0183. The summed E-state index contributed by atoms with van der Waals surface area (Å²) in [5.41, 5.74) is 0. The Hall–Kier alpha value is -1.99. The van der Waals surface area contributed by atoms with Crippen LogP contribution in [-0.2, 0) is 4.79 Å². The van der Waals surface area contributed by atoms with E-state index in [1.807, 2.05) is 25.1 Å². The molecule has 0 bridgehead atoms. The van der Waals surface area contributed by atoms with Crippen LogP contribution in [0.25, 0.3) is 0 Å². The highest BCUT2D eigenvalue weighted by Crippen LogP contribution is 2.29. The number of alkyl halides is 2. The Morgan fingerprint density at radius 3 is 2.50 bits per heavy atom. The zero-order chi connectivity index (χ0) is 18.7. The highest BCUT2D eigenvalue weighted by atomic mass is 19.3. The summed E-state index contributed by atoms with van der Waals surface area (Å²) in [6, 6.07) is 1.87. The standard InChI is InChI=1S/C18H27F2N5O/c1-23(2)15-3-8-21-17(22-15)25-9-4-14(5-10-25)13-16(26)24-11-6-18(19,20)7-12-24/h3,8,14H,4-7,9-13H2,1-2H3. The molecule has 0 aromatic carbocycles. The van der Waals surface area contributed by atoms with E-state index in [-0.39, 0.29) is 31.8 Å². The molecule has 1 amide bonds. The Morgan fingerprint density at radius 2 is 1.88 bits per heavy atom. The molecule has 2 aliphatic heterocycles. The van der Waals surface area contributed by atoms with E-state index >= 15 is 0 Å². The number of amides is 1. The number of hydrogen-bond donors (Lipinski definition) is 0. The zero-order valence-electron chi connectivity index (χ0n) is 15.5. The number of carbonyl (C=O) groups is 1. The maximum Gasteiger partial charge on any atom is 0.251 e. The van der Waals surface area contributed by atoms with E-state index in [1.54, 1.807) is 11.1 Å². The molecule has 1 aromatic rings. The molecule has 0 aliphatic carbocycles. The van der Waals surface area contributed by atoms with Gasteiger partial charge in [0, 0.05) is 65.7 Å². The van der Waals surface area contributed by atoms with Crippen LogP contribution in [0.5, 0.6) is 0 Å². The smallest absolute Gasteiger partial charge is 0.251 e. The van der Waals surface area contributed by atoms with Crippen molar-refractivity contribution in [3.05, 3.63) is 12.3 Å². The first-order chi connectivity index (χ1) is 12.3. The van der Waals surface area contributed by atoms with Crippen LogP contribution in [-0.4, -0.2) is 67.0 Å². The summed E-state index contributed by atoms with van der Waals surface area (Å²) in [5, 5.41) is 0. The molecule has 0 N–H and O–H groups in total. The van der Waals surface area contributed by atoms with Crippen molar-refractivity contribution in [3.63, 3.8) is 0 Å². The molecular formula is C18H27F2N5O. The Morgan fingerprint density at radius 1 is 1.23 bits per heavy atom. The van der Waals surface area contributed by atoms with Gasteiger partial charge in [0.25, 0.3) is 5.92 Å². The highest BCUT2D eigenvalue weighted by molar-refractivity contribution is 5.76. The molecule has 0 saturated carbocycles. The van der Waals surface area contributed by atoms with Crippen LogP contribution in [0.2, 0.25) is 0 Å². The maximum atomic E-state index is 13.2. The van der Waals surface area contributed by atoms with Crippen molar-refractivity contribution in [1.29, 1.82) is 0 Å². The first kappa shape index (κ1) is 18.8. The van der Waals surface area contributed by atoms with Crippen LogP contribution in [0.4, 0.5) is 20.5 Å². The number of hydrogen-bond acceptors (Lipinski definition) is 5. The molecule has 0 unspecified atom stereocenters. The quantitative estimate of drug-likeness (QED) is 0.818. The number of carbonyl (C=O) groups excluding carboxylic acids is 1. The molecule has 3 rings (SSSR count). The number of aromatic nitrogens is 2. The number of piperidine rings is 2. The molecular weight excluding hydrogens is 340 g/mol. The fraction of sp³-hybridized carbons (Fsp3) is 0.722. The lowest BCUT2D eigenvalue weighted by molar-refractivity contribution is -0.138. The number of rotatable bonds is 4. The molecule has 2 fully saturated rings. The Labute approximate surface area is 153 Å². The number of halogens is 2. The van der Waals surface area contributed by atoms with E-state index in [0.29, 0.717) is 12.3 Å². The third-order valence-electron chi connectivity index (χ3n) is 5.29. The lowest BCUT2D eigenvalue weighted by atomic mass is 9.92. The number of anilines is 2. The van der Waals surface area contributed by atoms with Gasteiger partial charge >= 0.3 is 0 Å². The van der Waals surface area contributed by atoms with Gasteiger partial charge in [0.05, 0.1) is 0 Å². The first-order valence-electron chi connectivity index (χ1n) is 9.25. The van der Waals surface area contributed by atoms with E-state index in [1.165, 1.54) is 0 Å². The minimum atomic E-state index is -2.61. The molecule has 6 nitrogen and oxygen atoms in total. The average Bonchev–Trinajstić information content (AvgIpc) is 2.62. The summed E-state index contributed by atoms with van der Waals surface area (Å²) < 4.78 is 26.4. The van der Waals surface area contributed by atoms with Crippen molar-refractivity contribution in [1.82, 2.24) is 14.9 Å². The van der Waals surface area contributed by atoms with Crippen LogP contribution < -0.4 is 9.80 Å². The molecule has 2 saturated heterocycles. The van der Waals surface area contributed by atoms with Crippen LogP contribution in [0.15, 0.2) is 12.3 Å². The third-order valence-corrected chi connectivity index (χ3v) is 5.29. The van der Waals surface area contributed by atoms with Crippen molar-refractivity contribution >= 4 is 17.7 Å². The second-order valence-electron chi connectivity index (χ2n) is 7.48. The number of nitrogens with zero attached hydrogens (tertiary/aromatic N) is 5. The molecule has 1 aromatic heterocycles. The summed E-state index contributed by atoms with van der Waals surface area (Å²) in [4.78, 5) is 27.0. The fourth-order valence-corrected chi connectivity index (χ4v) is 3.54. The Balaban J connectivity index is 1.48. The van der Waals surface area contributed by atoms with Gasteiger partial charge in [0.15, 0.2) is 0 Å². The van der Waals surface area contributed by atoms with E-state index in [0.717, 1.165) is 37.7 Å².